The lowest BCUT2D eigenvalue weighted by molar-refractivity contribution is -0.162. The molecule has 41 heteroatoms. The molecule has 15 N–H and O–H groups in total. The number of likely N-dealkylation sites (tertiary alicyclic amines) is 1. The molecule has 120 heavy (non-hydrogen) atoms. The van der Waals surface area contributed by atoms with Crippen molar-refractivity contribution in [1.29, 1.82) is 0 Å². The number of benzene rings is 2. The Balaban J connectivity index is 1.29. The quantitative estimate of drug-likeness (QED) is 0.00767. The van der Waals surface area contributed by atoms with Crippen LogP contribution in [0.25, 0.3) is 0 Å². The number of rotatable bonds is 55. The number of Topliss-reactive ketones (excluding diaryl/α,β-unsaturated/α-hetero) is 2. The number of aromatic nitrogens is 1. The van der Waals surface area contributed by atoms with E-state index in [-0.39, 0.29) is 136 Å². The number of likely N-dealkylation sites (N-methyl/N-ethyl adjacent to an activating group) is 1. The molecule has 0 radical (unpaired) electrons. The molecule has 0 bridgehead atoms. The van der Waals surface area contributed by atoms with Gasteiger partial charge in [0.25, 0.3) is 5.91 Å². The number of aromatic hydroxyl groups is 1. The van der Waals surface area contributed by atoms with E-state index in [1.807, 2.05) is 46.6 Å². The van der Waals surface area contributed by atoms with Crippen molar-refractivity contribution in [1.82, 2.24) is 62.9 Å². The number of nitrogens with one attached hydrogen (secondary N) is 9. The van der Waals surface area contributed by atoms with Crippen molar-refractivity contribution in [3.63, 3.8) is 0 Å². The van der Waals surface area contributed by atoms with E-state index >= 15 is 4.79 Å². The lowest BCUT2D eigenvalue weighted by Crippen LogP contribution is -2.50. The first-order valence-electron chi connectivity index (χ1n) is 39.6. The molecule has 11 atom stereocenters. The number of hydrogen-bond donors (Lipinski definition) is 15. The van der Waals surface area contributed by atoms with E-state index in [4.69, 9.17) is 19.3 Å². The van der Waals surface area contributed by atoms with Crippen molar-refractivity contribution in [2.75, 3.05) is 51.5 Å². The van der Waals surface area contributed by atoms with E-state index in [1.165, 1.54) is 48.4 Å². The average Bonchev–Trinajstić information content (AvgIpc) is 1.34. The molecule has 1 unspecified atom stereocenters. The van der Waals surface area contributed by atoms with Crippen LogP contribution in [-0.4, -0.2) is 234 Å². The van der Waals surface area contributed by atoms with Gasteiger partial charge in [-0.2, -0.15) is 0 Å². The van der Waals surface area contributed by atoms with Gasteiger partial charge >= 0.3 is 59.9 Å². The number of thiazole rings is 1. The highest BCUT2D eigenvalue weighted by Gasteiger charge is 2.41. The summed E-state index contributed by atoms with van der Waals surface area (Å²) in [6, 6.07) is 4.46. The highest BCUT2D eigenvalue weighted by molar-refractivity contribution is 8.76. The van der Waals surface area contributed by atoms with Gasteiger partial charge < -0.3 is 87.0 Å². The zero-order valence-electron chi connectivity index (χ0n) is 68.6. The summed E-state index contributed by atoms with van der Waals surface area (Å²) >= 11 is 1.02. The standard InChI is InChI=1S/C79H114N12O26S3/c1-9-16-69(103)116-44-91(74(107)55(46(5)10-2)38-63(95)60-18-12-14-30-90(60)8)61(45(3)4)40-64(117-48(7)92)73-86-58(42-118-73)72(106)83-53(34-49-24-26-54(93)27-25-49)33-47(6)70(104)88-89-79(114)115-31-32-119-120-43-59(76(110)111)85-71(105)52(37-67(99)100)36-62(94)57(39-68(101)102)84-65(96)35-50-20-22-51(23-21-50)41-82-77(112)80-28-13-11-17-56(75(108)109)87-78(113)81-29-15-19-66(97)98/h20-27,42,45-47,52-53,55-57,59-61,64,93H,9-19,28-41,43-44H2,1-8H3,(H,83,106)(H,84,96)(H,85,105)(H,88,104)(H,89,114)(H,97,98)(H,99,100)(H,101,102)(H,108,109)(H,110,111)(H2,80,82,112)(H2,81,87,113)/t46?,47-,52+,53+,55-,56-,57+,59-,60+,61+,64+/m0/s1. The van der Waals surface area contributed by atoms with Gasteiger partial charge in [0, 0.05) is 99.5 Å². The van der Waals surface area contributed by atoms with Gasteiger partial charge in [0.2, 0.25) is 23.6 Å². The normalized spacial score (nSPS) is 15.1. The van der Waals surface area contributed by atoms with Crippen LogP contribution in [0.5, 0.6) is 5.75 Å². The second kappa shape index (κ2) is 53.8. The summed E-state index contributed by atoms with van der Waals surface area (Å²) in [5.41, 5.74) is 5.97. The third-order valence-corrected chi connectivity index (χ3v) is 22.9. The number of carbonyl (C=O) groups is 17. The Kier molecular flexibility index (Phi) is 45.6. The predicted octanol–water partition coefficient (Wildman–Crippen LogP) is 6.02. The van der Waals surface area contributed by atoms with Gasteiger partial charge in [-0.3, -0.25) is 67.9 Å². The summed E-state index contributed by atoms with van der Waals surface area (Å²) in [5.74, 6) is -17.5. The van der Waals surface area contributed by atoms with Crippen LogP contribution < -0.4 is 48.1 Å². The monoisotopic (exact) mass is 1740 g/mol. The lowest BCUT2D eigenvalue weighted by Gasteiger charge is -2.39. The molecule has 2 heterocycles. The van der Waals surface area contributed by atoms with E-state index in [9.17, 15) is 102 Å². The Hall–Kier alpha value is -10.7. The minimum Gasteiger partial charge on any atom is -0.508 e. The number of hydrogen-bond acceptors (Lipinski definition) is 26. The third kappa shape index (κ3) is 38.6. The smallest absolute Gasteiger partial charge is 0.426 e. The Morgan fingerprint density at radius 2 is 1.32 bits per heavy atom. The largest absolute Gasteiger partial charge is 0.508 e. The number of unbranched alkanes of at least 4 members (excludes halogenated alkanes) is 1. The summed E-state index contributed by atoms with van der Waals surface area (Å²) in [6.07, 6.45) is -1.10. The van der Waals surface area contributed by atoms with Gasteiger partial charge in [0.1, 0.15) is 35.1 Å². The molecule has 1 fully saturated rings. The number of carboxylic acids is 5. The highest BCUT2D eigenvalue weighted by atomic mass is 33.1. The molecule has 1 aliphatic heterocycles. The minimum atomic E-state index is -1.75. The molecule has 664 valence electrons. The molecule has 1 saturated heterocycles. The van der Waals surface area contributed by atoms with E-state index < -0.39 is 175 Å². The van der Waals surface area contributed by atoms with E-state index in [0.717, 1.165) is 52.3 Å². The highest BCUT2D eigenvalue weighted by Crippen LogP contribution is 2.34. The van der Waals surface area contributed by atoms with Crippen LogP contribution in [0.3, 0.4) is 0 Å². The molecule has 4 rings (SSSR count). The Morgan fingerprint density at radius 1 is 0.667 bits per heavy atom. The summed E-state index contributed by atoms with van der Waals surface area (Å²) in [4.78, 5) is 227. The fraction of sp³-hybridized carbons (Fsp3) is 0.595. The number of carboxylic acid groups (broad SMARTS) is 5. The van der Waals surface area contributed by atoms with Crippen LogP contribution in [-0.2, 0) is 95.9 Å². The molecule has 1 aliphatic rings. The number of nitrogens with zero attached hydrogens (tertiary/aromatic N) is 3. The summed E-state index contributed by atoms with van der Waals surface area (Å²) in [5, 5.41) is 76.6. The van der Waals surface area contributed by atoms with Crippen molar-refractivity contribution in [2.24, 2.45) is 29.6 Å². The zero-order chi connectivity index (χ0) is 89.1. The molecular weight excluding hydrogens is 1630 g/mol. The Bertz CT molecular complexity index is 3950. The maximum Gasteiger partial charge on any atom is 0.426 e. The molecule has 2 aromatic carbocycles. The van der Waals surface area contributed by atoms with E-state index in [1.54, 1.807) is 24.3 Å². The van der Waals surface area contributed by atoms with E-state index in [2.05, 4.69) is 53.1 Å². The fourth-order valence-corrected chi connectivity index (χ4v) is 15.6. The number of phenolic OH excluding ortho intramolecular Hbond substituents is 1. The van der Waals surface area contributed by atoms with Gasteiger partial charge in [-0.05, 0) is 112 Å². The topological polar surface area (TPSA) is 567 Å². The predicted molar refractivity (Wildman–Crippen MR) is 438 cm³/mol. The SMILES string of the molecule is CCCC(=O)OCN(C(=O)[C@@H](CC(=O)[C@H]1CCCCN1C)C(C)CC)[C@H](C[C@@H](OC(C)=O)c1nc(C(=O)N[C@@H](Cc2ccc(O)cc2)C[C@H](C)C(=O)NNC(=O)OCCSSC[C@H](NC(=O)[C@@H](CC(=O)O)CC(=O)[C@@H](CC(=O)O)NC(=O)Cc2ccc(CNC(=O)NCCCC[C@H](NC(=O)NCCCC(=O)O)C(=O)O)cc2)C(=O)O)cs1)C(C)C. The Labute approximate surface area is 707 Å². The van der Waals surface area contributed by atoms with Crippen LogP contribution in [0.4, 0.5) is 14.4 Å². The molecule has 0 saturated carbocycles. The zero-order valence-corrected chi connectivity index (χ0v) is 71.1. The number of aliphatic carboxylic acids is 5. The Morgan fingerprint density at radius 3 is 1.95 bits per heavy atom. The van der Waals surface area contributed by atoms with Gasteiger partial charge in [-0.25, -0.2) is 34.4 Å². The third-order valence-electron chi connectivity index (χ3n) is 19.6. The average molecular weight is 1740 g/mol. The maximum atomic E-state index is 15.1. The van der Waals surface area contributed by atoms with Crippen molar-refractivity contribution >= 4 is 134 Å². The van der Waals surface area contributed by atoms with E-state index in [0.29, 0.717) is 48.8 Å². The van der Waals surface area contributed by atoms with Crippen molar-refractivity contribution in [2.45, 2.75) is 219 Å². The number of phenols is 1. The maximum absolute atomic E-state index is 15.1. The molecule has 0 aliphatic carbocycles. The lowest BCUT2D eigenvalue weighted by atomic mass is 9.82. The van der Waals surface area contributed by atoms with Gasteiger partial charge in [0.05, 0.1) is 37.3 Å². The van der Waals surface area contributed by atoms with Crippen LogP contribution in [0, 0.1) is 29.6 Å². The first kappa shape index (κ1) is 102. The number of urea groups is 2. The van der Waals surface area contributed by atoms with Crippen LogP contribution in [0.1, 0.15) is 196 Å². The molecule has 38 nitrogen and oxygen atoms in total. The summed E-state index contributed by atoms with van der Waals surface area (Å²) in [6.45, 7) is 12.4. The number of carbonyl (C=O) groups excluding carboxylic acids is 12. The number of esters is 2. The van der Waals surface area contributed by atoms with Crippen molar-refractivity contribution < 1.29 is 126 Å². The van der Waals surface area contributed by atoms with Crippen LogP contribution in [0.15, 0.2) is 53.9 Å². The molecule has 10 amide bonds. The first-order valence-corrected chi connectivity index (χ1v) is 43.0. The first-order chi connectivity index (χ1) is 56.9. The van der Waals surface area contributed by atoms with Crippen LogP contribution >= 0.6 is 32.9 Å². The molecule has 1 aromatic heterocycles. The second-order valence-electron chi connectivity index (χ2n) is 29.6. The summed E-state index contributed by atoms with van der Waals surface area (Å²) < 4.78 is 16.8. The second-order valence-corrected chi connectivity index (χ2v) is 33.1. The minimum absolute atomic E-state index is 0.0262. The van der Waals surface area contributed by atoms with Gasteiger partial charge in [0.15, 0.2) is 24.4 Å². The van der Waals surface area contributed by atoms with Gasteiger partial charge in [-0.15, -0.1) is 11.3 Å². The number of piperidine rings is 1. The van der Waals surface area contributed by atoms with Crippen molar-refractivity contribution in [3.05, 3.63) is 81.3 Å². The summed E-state index contributed by atoms with van der Waals surface area (Å²) in [7, 11) is 3.80. The van der Waals surface area contributed by atoms with Crippen molar-refractivity contribution in [3.8, 4) is 5.75 Å². The number of hydrazine groups is 1. The molecule has 3 aromatic rings. The molecular formula is C79H114N12O26S3. The fourth-order valence-electron chi connectivity index (χ4n) is 12.8. The number of ketones is 2. The van der Waals surface area contributed by atoms with Crippen LogP contribution in [0.2, 0.25) is 0 Å². The number of ether oxygens (including phenoxy) is 3. The molecule has 0 spiro atoms. The number of amides is 10. The van der Waals surface area contributed by atoms with Gasteiger partial charge in [-0.1, -0.05) is 112 Å².